The molecule has 10 heavy (non-hydrogen) atoms. The van der Waals surface area contributed by atoms with Gasteiger partial charge in [-0.2, -0.15) is 0 Å². The number of rotatable bonds is 2. The van der Waals surface area contributed by atoms with E-state index in [-0.39, 0.29) is 5.94 Å². The van der Waals surface area contributed by atoms with E-state index in [0.29, 0.717) is 0 Å². The van der Waals surface area contributed by atoms with Gasteiger partial charge in [0.25, 0.3) is 0 Å². The van der Waals surface area contributed by atoms with Crippen LogP contribution >= 0.6 is 0 Å². The highest BCUT2D eigenvalue weighted by molar-refractivity contribution is 6.43. The molecule has 0 spiro atoms. The summed E-state index contributed by atoms with van der Waals surface area (Å²) in [6.07, 6.45) is 2.02. The van der Waals surface area contributed by atoms with Gasteiger partial charge in [0.15, 0.2) is 0 Å². The second-order valence-corrected chi connectivity index (χ2v) is 2.75. The van der Waals surface area contributed by atoms with Crippen molar-refractivity contribution in [3.05, 3.63) is 0 Å². The molecular weight excluding hydrogens is 129 g/mol. The second kappa shape index (κ2) is 3.37. The van der Waals surface area contributed by atoms with Crippen molar-refractivity contribution in [1.82, 2.24) is 4.90 Å². The molecule has 0 saturated carbocycles. The Morgan fingerprint density at radius 2 is 2.30 bits per heavy atom. The molecule has 0 bridgehead atoms. The van der Waals surface area contributed by atoms with Crippen LogP contribution < -0.4 is 0 Å². The van der Waals surface area contributed by atoms with Crippen LogP contribution in [0.3, 0.4) is 0 Å². The maximum absolute atomic E-state index is 8.87. The minimum Gasteiger partial charge on any atom is -0.426 e. The summed E-state index contributed by atoms with van der Waals surface area (Å²) in [6, 6.07) is 0. The van der Waals surface area contributed by atoms with Crippen LogP contribution in [0.15, 0.2) is 0 Å². The quantitative estimate of drug-likeness (QED) is 0.511. The second-order valence-electron chi connectivity index (χ2n) is 2.75. The van der Waals surface area contributed by atoms with Crippen molar-refractivity contribution in [2.75, 3.05) is 13.1 Å². The lowest BCUT2D eigenvalue weighted by molar-refractivity contribution is 0.268. The summed E-state index contributed by atoms with van der Waals surface area (Å²) in [5, 5.41) is 17.7. The molecule has 58 valence electrons. The van der Waals surface area contributed by atoms with E-state index in [1.807, 2.05) is 6.92 Å². The third-order valence-electron chi connectivity index (χ3n) is 2.16. The van der Waals surface area contributed by atoms with Crippen molar-refractivity contribution in [3.63, 3.8) is 0 Å². The maximum atomic E-state index is 8.87. The molecule has 0 amide bonds. The van der Waals surface area contributed by atoms with E-state index in [4.69, 9.17) is 10.0 Å². The Morgan fingerprint density at radius 1 is 1.60 bits per heavy atom. The van der Waals surface area contributed by atoms with Gasteiger partial charge in [-0.05, 0) is 25.9 Å². The smallest absolute Gasteiger partial charge is 0.426 e. The molecular formula is C6H14BNO2. The molecule has 1 aliphatic rings. The zero-order valence-corrected chi connectivity index (χ0v) is 6.32. The van der Waals surface area contributed by atoms with Gasteiger partial charge in [0.1, 0.15) is 0 Å². The normalized spacial score (nSPS) is 27.3. The SMILES string of the molecule is CCN1CCC[C@H]1B(O)O. The third kappa shape index (κ3) is 1.51. The van der Waals surface area contributed by atoms with E-state index >= 15 is 0 Å². The van der Waals surface area contributed by atoms with E-state index in [0.717, 1.165) is 25.9 Å². The van der Waals surface area contributed by atoms with Gasteiger partial charge in [0, 0.05) is 5.94 Å². The van der Waals surface area contributed by atoms with Gasteiger partial charge < -0.3 is 14.9 Å². The van der Waals surface area contributed by atoms with Crippen molar-refractivity contribution < 1.29 is 10.0 Å². The van der Waals surface area contributed by atoms with E-state index in [2.05, 4.69) is 4.90 Å². The van der Waals surface area contributed by atoms with Crippen molar-refractivity contribution in [2.45, 2.75) is 25.7 Å². The van der Waals surface area contributed by atoms with Crippen LogP contribution in [0.5, 0.6) is 0 Å². The van der Waals surface area contributed by atoms with E-state index in [1.54, 1.807) is 0 Å². The van der Waals surface area contributed by atoms with E-state index in [1.165, 1.54) is 0 Å². The first-order valence-electron chi connectivity index (χ1n) is 3.86. The summed E-state index contributed by atoms with van der Waals surface area (Å²) in [5.74, 6) is -0.00926. The number of nitrogens with zero attached hydrogens (tertiary/aromatic N) is 1. The highest BCUT2D eigenvalue weighted by Gasteiger charge is 2.32. The zero-order chi connectivity index (χ0) is 7.56. The predicted molar refractivity (Wildman–Crippen MR) is 40.5 cm³/mol. The molecule has 0 aromatic carbocycles. The fraction of sp³-hybridized carbons (Fsp3) is 1.00. The molecule has 0 aliphatic carbocycles. The lowest BCUT2D eigenvalue weighted by Crippen LogP contribution is -2.42. The van der Waals surface area contributed by atoms with Crippen LogP contribution in [0.2, 0.25) is 0 Å². The molecule has 1 atom stereocenters. The molecule has 1 aliphatic heterocycles. The number of hydrogen-bond donors (Lipinski definition) is 2. The lowest BCUT2D eigenvalue weighted by atomic mass is 9.78. The van der Waals surface area contributed by atoms with E-state index in [9.17, 15) is 0 Å². The number of likely N-dealkylation sites (tertiary alicyclic amines) is 1. The van der Waals surface area contributed by atoms with Crippen LogP contribution in [0, 0.1) is 0 Å². The number of hydrogen-bond acceptors (Lipinski definition) is 3. The third-order valence-corrected chi connectivity index (χ3v) is 2.16. The van der Waals surface area contributed by atoms with Gasteiger partial charge in [-0.15, -0.1) is 0 Å². The molecule has 0 radical (unpaired) electrons. The lowest BCUT2D eigenvalue weighted by Gasteiger charge is -2.21. The highest BCUT2D eigenvalue weighted by atomic mass is 16.4. The highest BCUT2D eigenvalue weighted by Crippen LogP contribution is 2.16. The minimum atomic E-state index is -1.15. The van der Waals surface area contributed by atoms with Crippen molar-refractivity contribution in [2.24, 2.45) is 0 Å². The van der Waals surface area contributed by atoms with Crippen LogP contribution in [0.1, 0.15) is 19.8 Å². The molecule has 0 aromatic heterocycles. The van der Waals surface area contributed by atoms with Gasteiger partial charge in [-0.1, -0.05) is 6.92 Å². The Kier molecular flexibility index (Phi) is 2.71. The Labute approximate surface area is 61.8 Å². The predicted octanol–water partition coefficient (Wildman–Crippen LogP) is -0.517. The molecule has 4 heteroatoms. The summed E-state index contributed by atoms with van der Waals surface area (Å²) in [5.41, 5.74) is 0. The molecule has 2 N–H and O–H groups in total. The molecule has 1 fully saturated rings. The largest absolute Gasteiger partial charge is 0.469 e. The van der Waals surface area contributed by atoms with Gasteiger partial charge in [0.05, 0.1) is 0 Å². The monoisotopic (exact) mass is 143 g/mol. The standard InChI is InChI=1S/C6H14BNO2/c1-2-8-5-3-4-6(8)7(9)10/h6,9-10H,2-5H2,1H3/t6-/m0/s1. The van der Waals surface area contributed by atoms with Crippen LogP contribution in [-0.4, -0.2) is 41.1 Å². The fourth-order valence-corrected chi connectivity index (χ4v) is 1.58. The van der Waals surface area contributed by atoms with Gasteiger partial charge >= 0.3 is 7.12 Å². The summed E-state index contributed by atoms with van der Waals surface area (Å²) < 4.78 is 0. The first-order chi connectivity index (χ1) is 4.75. The van der Waals surface area contributed by atoms with Crippen LogP contribution in [0.25, 0.3) is 0 Å². The fourth-order valence-electron chi connectivity index (χ4n) is 1.58. The van der Waals surface area contributed by atoms with Crippen molar-refractivity contribution in [3.8, 4) is 0 Å². The Bertz CT molecular complexity index is 110. The van der Waals surface area contributed by atoms with Gasteiger partial charge in [-0.25, -0.2) is 0 Å². The zero-order valence-electron chi connectivity index (χ0n) is 6.32. The van der Waals surface area contributed by atoms with Gasteiger partial charge in [0.2, 0.25) is 0 Å². The Morgan fingerprint density at radius 3 is 2.70 bits per heavy atom. The van der Waals surface area contributed by atoms with Gasteiger partial charge in [-0.3, -0.25) is 0 Å². The van der Waals surface area contributed by atoms with Crippen molar-refractivity contribution >= 4 is 7.12 Å². The average Bonchev–Trinajstić information content (AvgIpc) is 2.33. The van der Waals surface area contributed by atoms with Crippen LogP contribution in [0.4, 0.5) is 0 Å². The molecule has 0 aromatic rings. The first kappa shape index (κ1) is 8.05. The summed E-state index contributed by atoms with van der Waals surface area (Å²) in [4.78, 5) is 2.10. The molecule has 1 saturated heterocycles. The maximum Gasteiger partial charge on any atom is 0.469 e. The molecule has 0 unspecified atom stereocenters. The van der Waals surface area contributed by atoms with Crippen molar-refractivity contribution in [1.29, 1.82) is 0 Å². The summed E-state index contributed by atoms with van der Waals surface area (Å²) in [7, 11) is -1.15. The average molecular weight is 143 g/mol. The minimum absolute atomic E-state index is 0.00926. The summed E-state index contributed by atoms with van der Waals surface area (Å²) in [6.45, 7) is 3.97. The summed E-state index contributed by atoms with van der Waals surface area (Å²) >= 11 is 0. The molecule has 3 nitrogen and oxygen atoms in total. The first-order valence-corrected chi connectivity index (χ1v) is 3.86. The molecule has 1 rings (SSSR count). The van der Waals surface area contributed by atoms with E-state index < -0.39 is 7.12 Å². The topological polar surface area (TPSA) is 43.7 Å². The Hall–Kier alpha value is -0.0551. The molecule has 1 heterocycles. The van der Waals surface area contributed by atoms with Crippen LogP contribution in [-0.2, 0) is 0 Å². The Balaban J connectivity index is 2.42.